The lowest BCUT2D eigenvalue weighted by molar-refractivity contribution is 0.419. The summed E-state index contributed by atoms with van der Waals surface area (Å²) in [5.74, 6) is 0.578. The van der Waals surface area contributed by atoms with Gasteiger partial charge >= 0.3 is 0 Å². The van der Waals surface area contributed by atoms with Crippen LogP contribution in [0.25, 0.3) is 0 Å². The van der Waals surface area contributed by atoms with Crippen LogP contribution in [0.2, 0.25) is 0 Å². The molecule has 2 nitrogen and oxygen atoms in total. The second-order valence-electron chi connectivity index (χ2n) is 4.15. The maximum Gasteiger partial charge on any atom is 0.0410 e. The third-order valence-electron chi connectivity index (χ3n) is 2.71. The van der Waals surface area contributed by atoms with Gasteiger partial charge in [0.1, 0.15) is 0 Å². The minimum atomic E-state index is 0.237. The summed E-state index contributed by atoms with van der Waals surface area (Å²) < 4.78 is 1.02. The van der Waals surface area contributed by atoms with Crippen molar-refractivity contribution in [2.24, 2.45) is 11.7 Å². The Morgan fingerprint density at radius 3 is 2.80 bits per heavy atom. The molecule has 2 N–H and O–H groups in total. The molecule has 0 aliphatic rings. The fourth-order valence-corrected chi connectivity index (χ4v) is 2.12. The fourth-order valence-electron chi connectivity index (χ4n) is 1.71. The molecule has 1 aromatic heterocycles. The molecule has 2 unspecified atom stereocenters. The van der Waals surface area contributed by atoms with Gasteiger partial charge in [-0.15, -0.1) is 0 Å². The first-order valence-electron chi connectivity index (χ1n) is 5.48. The number of hydrogen-bond acceptors (Lipinski definition) is 2. The van der Waals surface area contributed by atoms with Gasteiger partial charge in [0.05, 0.1) is 0 Å². The second kappa shape index (κ2) is 6.23. The Kier molecular flexibility index (Phi) is 5.26. The van der Waals surface area contributed by atoms with Crippen LogP contribution in [0, 0.1) is 5.92 Å². The summed E-state index contributed by atoms with van der Waals surface area (Å²) in [4.78, 5) is 4.14. The number of halogens is 1. The molecule has 1 aromatic rings. The lowest BCUT2D eigenvalue weighted by Crippen LogP contribution is -2.30. The molecule has 15 heavy (non-hydrogen) atoms. The highest BCUT2D eigenvalue weighted by Crippen LogP contribution is 2.15. The molecule has 1 heterocycles. The summed E-state index contributed by atoms with van der Waals surface area (Å²) in [5.41, 5.74) is 7.35. The van der Waals surface area contributed by atoms with Crippen LogP contribution in [0.15, 0.2) is 22.9 Å². The monoisotopic (exact) mass is 270 g/mol. The van der Waals surface area contributed by atoms with E-state index in [4.69, 9.17) is 5.73 Å². The number of nitrogens with two attached hydrogens (primary N) is 1. The molecule has 0 radical (unpaired) electrons. The summed E-state index contributed by atoms with van der Waals surface area (Å²) in [6.45, 7) is 4.42. The second-order valence-corrected chi connectivity index (χ2v) is 5.06. The van der Waals surface area contributed by atoms with Crippen molar-refractivity contribution in [3.8, 4) is 0 Å². The Morgan fingerprint density at radius 2 is 2.20 bits per heavy atom. The van der Waals surface area contributed by atoms with Crippen molar-refractivity contribution in [3.05, 3.63) is 28.5 Å². The highest BCUT2D eigenvalue weighted by atomic mass is 79.9. The number of aromatic nitrogens is 1. The van der Waals surface area contributed by atoms with Crippen molar-refractivity contribution in [3.63, 3.8) is 0 Å². The maximum atomic E-state index is 6.14. The number of nitrogens with zero attached hydrogens (tertiary/aromatic N) is 1. The van der Waals surface area contributed by atoms with Gasteiger partial charge < -0.3 is 5.73 Å². The van der Waals surface area contributed by atoms with Crippen molar-refractivity contribution < 1.29 is 0 Å². The van der Waals surface area contributed by atoms with E-state index in [-0.39, 0.29) is 6.04 Å². The topological polar surface area (TPSA) is 38.9 Å². The quantitative estimate of drug-likeness (QED) is 0.893. The first-order valence-corrected chi connectivity index (χ1v) is 6.27. The van der Waals surface area contributed by atoms with Crippen molar-refractivity contribution in [2.45, 2.75) is 39.2 Å². The third kappa shape index (κ3) is 4.31. The molecule has 0 spiro atoms. The van der Waals surface area contributed by atoms with Gasteiger partial charge in [-0.3, -0.25) is 4.98 Å². The average Bonchev–Trinajstić information content (AvgIpc) is 2.18. The fraction of sp³-hybridized carbons (Fsp3) is 0.583. The van der Waals surface area contributed by atoms with E-state index >= 15 is 0 Å². The van der Waals surface area contributed by atoms with Gasteiger partial charge in [-0.2, -0.15) is 0 Å². The van der Waals surface area contributed by atoms with Crippen molar-refractivity contribution in [1.82, 2.24) is 4.98 Å². The zero-order chi connectivity index (χ0) is 11.3. The summed E-state index contributed by atoms with van der Waals surface area (Å²) in [6.07, 6.45) is 7.00. The normalized spacial score (nSPS) is 14.9. The number of hydrogen-bond donors (Lipinski definition) is 1. The molecule has 2 atom stereocenters. The van der Waals surface area contributed by atoms with E-state index in [1.165, 1.54) is 18.4 Å². The molecule has 0 saturated carbocycles. The van der Waals surface area contributed by atoms with Crippen LogP contribution >= 0.6 is 15.9 Å². The molecular formula is C12H19BrN2. The van der Waals surface area contributed by atoms with E-state index in [0.29, 0.717) is 5.92 Å². The number of pyridine rings is 1. The average molecular weight is 271 g/mol. The van der Waals surface area contributed by atoms with Crippen LogP contribution < -0.4 is 5.73 Å². The molecular weight excluding hydrogens is 252 g/mol. The van der Waals surface area contributed by atoms with Crippen molar-refractivity contribution in [1.29, 1.82) is 0 Å². The van der Waals surface area contributed by atoms with Crippen LogP contribution in [0.1, 0.15) is 32.3 Å². The highest BCUT2D eigenvalue weighted by Gasteiger charge is 2.12. The third-order valence-corrected chi connectivity index (χ3v) is 3.14. The van der Waals surface area contributed by atoms with E-state index in [1.54, 1.807) is 6.20 Å². The van der Waals surface area contributed by atoms with E-state index in [9.17, 15) is 0 Å². The minimum Gasteiger partial charge on any atom is -0.327 e. The predicted octanol–water partition coefficient (Wildman–Crippen LogP) is 3.15. The van der Waals surface area contributed by atoms with Crippen LogP contribution in [0.3, 0.4) is 0 Å². The summed E-state index contributed by atoms with van der Waals surface area (Å²) >= 11 is 3.42. The SMILES string of the molecule is CCCC(C)C(N)Cc1cncc(Br)c1. The molecule has 84 valence electrons. The smallest absolute Gasteiger partial charge is 0.0410 e. The van der Waals surface area contributed by atoms with Gasteiger partial charge in [-0.25, -0.2) is 0 Å². The van der Waals surface area contributed by atoms with Crippen molar-refractivity contribution >= 4 is 15.9 Å². The maximum absolute atomic E-state index is 6.14. The standard InChI is InChI=1S/C12H19BrN2/c1-3-4-9(2)12(14)6-10-5-11(13)8-15-7-10/h5,7-9,12H,3-4,6,14H2,1-2H3. The number of rotatable bonds is 5. The van der Waals surface area contributed by atoms with E-state index in [0.717, 1.165) is 10.9 Å². The predicted molar refractivity (Wildman–Crippen MR) is 67.7 cm³/mol. The van der Waals surface area contributed by atoms with Gasteiger partial charge in [0.2, 0.25) is 0 Å². The lowest BCUT2D eigenvalue weighted by Gasteiger charge is -2.19. The molecule has 1 rings (SSSR count). The van der Waals surface area contributed by atoms with E-state index in [1.807, 2.05) is 6.20 Å². The van der Waals surface area contributed by atoms with Gasteiger partial charge in [0.15, 0.2) is 0 Å². The van der Waals surface area contributed by atoms with E-state index < -0.39 is 0 Å². The minimum absolute atomic E-state index is 0.237. The summed E-state index contributed by atoms with van der Waals surface area (Å²) in [6, 6.07) is 2.33. The highest BCUT2D eigenvalue weighted by molar-refractivity contribution is 9.10. The van der Waals surface area contributed by atoms with Crippen molar-refractivity contribution in [2.75, 3.05) is 0 Å². The zero-order valence-corrected chi connectivity index (χ0v) is 11.0. The molecule has 3 heteroatoms. The molecule has 0 fully saturated rings. The molecule has 0 amide bonds. The first-order chi connectivity index (χ1) is 7.13. The lowest BCUT2D eigenvalue weighted by atomic mass is 9.93. The Balaban J connectivity index is 2.54. The van der Waals surface area contributed by atoms with Crippen LogP contribution in [0.5, 0.6) is 0 Å². The van der Waals surface area contributed by atoms with Crippen LogP contribution in [-0.4, -0.2) is 11.0 Å². The Morgan fingerprint density at radius 1 is 1.47 bits per heavy atom. The zero-order valence-electron chi connectivity index (χ0n) is 9.41. The largest absolute Gasteiger partial charge is 0.327 e. The Labute approximate surface area is 100 Å². The molecule has 0 bridgehead atoms. The van der Waals surface area contributed by atoms with Gasteiger partial charge in [0.25, 0.3) is 0 Å². The first kappa shape index (κ1) is 12.7. The molecule has 0 aliphatic carbocycles. The Hall–Kier alpha value is -0.410. The molecule has 0 saturated heterocycles. The summed E-state index contributed by atoms with van der Waals surface area (Å²) in [5, 5.41) is 0. The van der Waals surface area contributed by atoms with Gasteiger partial charge in [-0.1, -0.05) is 20.3 Å². The van der Waals surface area contributed by atoms with E-state index in [2.05, 4.69) is 40.8 Å². The van der Waals surface area contributed by atoms with Crippen LogP contribution in [-0.2, 0) is 6.42 Å². The van der Waals surface area contributed by atoms with Gasteiger partial charge in [-0.05, 0) is 46.3 Å². The van der Waals surface area contributed by atoms with Crippen LogP contribution in [0.4, 0.5) is 0 Å². The molecule has 0 aromatic carbocycles. The Bertz CT molecular complexity index is 301. The molecule has 0 aliphatic heterocycles. The van der Waals surface area contributed by atoms with Gasteiger partial charge in [0, 0.05) is 22.9 Å². The summed E-state index contributed by atoms with van der Waals surface area (Å²) in [7, 11) is 0.